The van der Waals surface area contributed by atoms with Gasteiger partial charge in [-0.25, -0.2) is 4.57 Å². The molecule has 0 radical (unpaired) electrons. The minimum absolute atomic E-state index is 0. The molecule has 1 aromatic rings. The van der Waals surface area contributed by atoms with Crippen molar-refractivity contribution in [1.82, 2.24) is 5.32 Å². The minimum Gasteiger partial charge on any atom is -1.00 e. The summed E-state index contributed by atoms with van der Waals surface area (Å²) in [5, 5.41) is 2.60. The second-order valence-corrected chi connectivity index (χ2v) is 2.70. The standard InChI is InChI=1S/C9H12N2O2.HI/c1-11-5-3-4-8(6-11)9(12)10-7-13-2;/h3-6H,7H2,1-2H3;1H. The van der Waals surface area contributed by atoms with Gasteiger partial charge in [-0.05, 0) is 6.07 Å². The molecule has 1 N–H and O–H groups in total. The van der Waals surface area contributed by atoms with Crippen LogP contribution in [-0.2, 0) is 11.8 Å². The topological polar surface area (TPSA) is 42.2 Å². The number of carbonyl (C=O) groups is 1. The third-order valence-corrected chi connectivity index (χ3v) is 1.58. The highest BCUT2D eigenvalue weighted by Crippen LogP contribution is 1.92. The van der Waals surface area contributed by atoms with E-state index in [1.807, 2.05) is 23.9 Å². The molecule has 1 heterocycles. The quantitative estimate of drug-likeness (QED) is 0.364. The maximum Gasteiger partial charge on any atom is 0.259 e. The molecule has 0 bridgehead atoms. The van der Waals surface area contributed by atoms with Gasteiger partial charge in [0.05, 0.1) is 0 Å². The molecule has 0 aromatic carbocycles. The van der Waals surface area contributed by atoms with Crippen molar-refractivity contribution in [2.45, 2.75) is 0 Å². The van der Waals surface area contributed by atoms with E-state index in [1.54, 1.807) is 12.3 Å². The number of pyridine rings is 1. The predicted molar refractivity (Wildman–Crippen MR) is 47.0 cm³/mol. The van der Waals surface area contributed by atoms with Crippen molar-refractivity contribution in [3.63, 3.8) is 0 Å². The maximum absolute atomic E-state index is 11.4. The normalized spacial score (nSPS) is 9.00. The van der Waals surface area contributed by atoms with Crippen LogP contribution in [-0.4, -0.2) is 19.7 Å². The molecule has 0 fully saturated rings. The second kappa shape index (κ2) is 6.72. The minimum atomic E-state index is -0.127. The highest BCUT2D eigenvalue weighted by Gasteiger charge is 2.07. The molecule has 0 aliphatic carbocycles. The Morgan fingerprint density at radius 2 is 2.36 bits per heavy atom. The maximum atomic E-state index is 11.4. The molecule has 14 heavy (non-hydrogen) atoms. The lowest BCUT2D eigenvalue weighted by Crippen LogP contribution is -3.00. The van der Waals surface area contributed by atoms with Crippen LogP contribution >= 0.6 is 0 Å². The van der Waals surface area contributed by atoms with E-state index >= 15 is 0 Å². The fraction of sp³-hybridized carbons (Fsp3) is 0.333. The van der Waals surface area contributed by atoms with Crippen molar-refractivity contribution in [2.75, 3.05) is 13.8 Å². The monoisotopic (exact) mass is 308 g/mol. The number of nitrogens with one attached hydrogen (secondary N) is 1. The van der Waals surface area contributed by atoms with E-state index in [0.29, 0.717) is 5.56 Å². The molecule has 0 atom stereocenters. The van der Waals surface area contributed by atoms with E-state index in [1.165, 1.54) is 7.11 Å². The van der Waals surface area contributed by atoms with Gasteiger partial charge in [0.1, 0.15) is 19.3 Å². The number of aryl methyl sites for hydroxylation is 1. The van der Waals surface area contributed by atoms with Gasteiger partial charge in [-0.3, -0.25) is 4.79 Å². The van der Waals surface area contributed by atoms with E-state index in [2.05, 4.69) is 5.32 Å². The van der Waals surface area contributed by atoms with Gasteiger partial charge in [0.15, 0.2) is 12.4 Å². The molecule has 0 aliphatic heterocycles. The summed E-state index contributed by atoms with van der Waals surface area (Å²) >= 11 is 0. The summed E-state index contributed by atoms with van der Waals surface area (Å²) in [4.78, 5) is 11.4. The second-order valence-electron chi connectivity index (χ2n) is 2.70. The lowest BCUT2D eigenvalue weighted by molar-refractivity contribution is -0.671. The fourth-order valence-electron chi connectivity index (χ4n) is 0.962. The van der Waals surface area contributed by atoms with Crippen LogP contribution in [0.4, 0.5) is 0 Å². The number of ether oxygens (including phenoxy) is 1. The van der Waals surface area contributed by atoms with E-state index in [4.69, 9.17) is 4.74 Å². The Morgan fingerprint density at radius 3 is 2.93 bits per heavy atom. The molecule has 1 aromatic heterocycles. The van der Waals surface area contributed by atoms with E-state index in [9.17, 15) is 4.79 Å². The van der Waals surface area contributed by atoms with Gasteiger partial charge in [0.25, 0.3) is 5.91 Å². The van der Waals surface area contributed by atoms with Crippen LogP contribution in [0.25, 0.3) is 0 Å². The van der Waals surface area contributed by atoms with Crippen LogP contribution in [0.3, 0.4) is 0 Å². The number of aromatic nitrogens is 1. The molecule has 1 amide bonds. The number of halogens is 1. The van der Waals surface area contributed by atoms with Crippen molar-refractivity contribution in [3.05, 3.63) is 30.1 Å². The Labute approximate surface area is 100 Å². The molecular formula is C9H13IN2O2. The SMILES string of the molecule is COCNC(=O)c1ccc[n+](C)c1.[I-]. The molecule has 0 saturated heterocycles. The Balaban J connectivity index is 0.00000169. The van der Waals surface area contributed by atoms with Crippen LogP contribution < -0.4 is 33.9 Å². The number of hydrogen-bond acceptors (Lipinski definition) is 2. The lowest BCUT2D eigenvalue weighted by Gasteiger charge is -2.01. The molecule has 0 aliphatic rings. The molecule has 4 nitrogen and oxygen atoms in total. The summed E-state index contributed by atoms with van der Waals surface area (Å²) in [5.74, 6) is -0.127. The first-order valence-electron chi connectivity index (χ1n) is 3.96. The van der Waals surface area contributed by atoms with Crippen LogP contribution in [0.5, 0.6) is 0 Å². The summed E-state index contributed by atoms with van der Waals surface area (Å²) in [6.07, 6.45) is 3.62. The zero-order valence-corrected chi connectivity index (χ0v) is 10.3. The summed E-state index contributed by atoms with van der Waals surface area (Å²) in [5.41, 5.74) is 0.627. The largest absolute Gasteiger partial charge is 1.00 e. The molecular weight excluding hydrogens is 295 g/mol. The van der Waals surface area contributed by atoms with Crippen LogP contribution in [0.1, 0.15) is 10.4 Å². The van der Waals surface area contributed by atoms with Crippen LogP contribution in [0.2, 0.25) is 0 Å². The smallest absolute Gasteiger partial charge is 0.259 e. The first kappa shape index (κ1) is 13.3. The lowest BCUT2D eigenvalue weighted by atomic mass is 10.3. The average molecular weight is 308 g/mol. The summed E-state index contributed by atoms with van der Waals surface area (Å²) in [6, 6.07) is 3.58. The van der Waals surface area contributed by atoms with Crippen molar-refractivity contribution < 1.29 is 38.1 Å². The average Bonchev–Trinajstić information content (AvgIpc) is 2.14. The fourth-order valence-corrected chi connectivity index (χ4v) is 0.962. The Bertz CT molecular complexity index is 305. The number of nitrogens with zero attached hydrogens (tertiary/aromatic N) is 1. The highest BCUT2D eigenvalue weighted by molar-refractivity contribution is 5.93. The van der Waals surface area contributed by atoms with E-state index < -0.39 is 0 Å². The van der Waals surface area contributed by atoms with E-state index in [-0.39, 0.29) is 36.6 Å². The van der Waals surface area contributed by atoms with Crippen molar-refractivity contribution in [1.29, 1.82) is 0 Å². The summed E-state index contributed by atoms with van der Waals surface area (Å²) in [7, 11) is 3.40. The van der Waals surface area contributed by atoms with Crippen LogP contribution in [0.15, 0.2) is 24.5 Å². The molecule has 78 valence electrons. The van der Waals surface area contributed by atoms with Gasteiger partial charge in [-0.1, -0.05) is 0 Å². The zero-order chi connectivity index (χ0) is 9.68. The van der Waals surface area contributed by atoms with E-state index in [0.717, 1.165) is 0 Å². The molecule has 0 unspecified atom stereocenters. The van der Waals surface area contributed by atoms with Gasteiger partial charge in [-0.2, -0.15) is 0 Å². The van der Waals surface area contributed by atoms with Crippen LogP contribution in [0, 0.1) is 0 Å². The number of methoxy groups -OCH3 is 1. The van der Waals surface area contributed by atoms with Crippen molar-refractivity contribution in [2.24, 2.45) is 7.05 Å². The third kappa shape index (κ3) is 4.01. The third-order valence-electron chi connectivity index (χ3n) is 1.58. The van der Waals surface area contributed by atoms with Crippen molar-refractivity contribution >= 4 is 5.91 Å². The number of carbonyl (C=O) groups excluding carboxylic acids is 1. The van der Waals surface area contributed by atoms with Gasteiger partial charge in [-0.15, -0.1) is 0 Å². The molecule has 1 rings (SSSR count). The molecule has 5 heteroatoms. The number of hydrogen-bond donors (Lipinski definition) is 1. The predicted octanol–water partition coefficient (Wildman–Crippen LogP) is -3.15. The summed E-state index contributed by atoms with van der Waals surface area (Å²) in [6.45, 7) is 0.234. The van der Waals surface area contributed by atoms with Crippen molar-refractivity contribution in [3.8, 4) is 0 Å². The highest BCUT2D eigenvalue weighted by atomic mass is 127. The van der Waals surface area contributed by atoms with Gasteiger partial charge >= 0.3 is 0 Å². The molecule has 0 spiro atoms. The van der Waals surface area contributed by atoms with Gasteiger partial charge in [0.2, 0.25) is 0 Å². The first-order chi connectivity index (χ1) is 6.24. The van der Waals surface area contributed by atoms with Gasteiger partial charge < -0.3 is 34.0 Å². The number of rotatable bonds is 3. The Kier molecular flexibility index (Phi) is 6.39. The molecule has 0 saturated carbocycles. The Morgan fingerprint density at radius 1 is 1.64 bits per heavy atom. The summed E-state index contributed by atoms with van der Waals surface area (Å²) < 4.78 is 6.55. The first-order valence-corrected chi connectivity index (χ1v) is 3.96. The zero-order valence-electron chi connectivity index (χ0n) is 8.16. The van der Waals surface area contributed by atoms with Gasteiger partial charge in [0, 0.05) is 13.2 Å². The number of amides is 1. The Hall–Kier alpha value is -0.690.